The Bertz CT molecular complexity index is 859. The Morgan fingerprint density at radius 2 is 2.21 bits per heavy atom. The van der Waals surface area contributed by atoms with Crippen LogP contribution < -0.4 is 10.9 Å². The first-order valence-corrected chi connectivity index (χ1v) is 10.9. The molecule has 0 aliphatic carbocycles. The van der Waals surface area contributed by atoms with Crippen LogP contribution in [0, 0.1) is 0 Å². The lowest BCUT2D eigenvalue weighted by Crippen LogP contribution is -2.36. The summed E-state index contributed by atoms with van der Waals surface area (Å²) in [5, 5.41) is 3.95. The van der Waals surface area contributed by atoms with E-state index < -0.39 is 0 Å². The van der Waals surface area contributed by atoms with E-state index in [1.54, 1.807) is 23.8 Å². The minimum absolute atomic E-state index is 0.0756. The van der Waals surface area contributed by atoms with Crippen LogP contribution in [-0.4, -0.2) is 54.2 Å². The third-order valence-corrected chi connectivity index (χ3v) is 5.38. The number of halogens is 1. The Balaban J connectivity index is 2.22. The van der Waals surface area contributed by atoms with E-state index in [1.807, 2.05) is 19.9 Å². The molecule has 0 fully saturated rings. The van der Waals surface area contributed by atoms with Gasteiger partial charge in [0.25, 0.3) is 5.56 Å². The van der Waals surface area contributed by atoms with Crippen molar-refractivity contribution in [1.29, 1.82) is 0 Å². The van der Waals surface area contributed by atoms with Gasteiger partial charge in [0.05, 0.1) is 23.3 Å². The summed E-state index contributed by atoms with van der Waals surface area (Å²) in [6, 6.07) is 5.35. The summed E-state index contributed by atoms with van der Waals surface area (Å²) in [5.74, 6) is 0.0501. The summed E-state index contributed by atoms with van der Waals surface area (Å²) in [6.45, 7) is 5.95. The van der Waals surface area contributed by atoms with Crippen molar-refractivity contribution in [3.8, 4) is 0 Å². The molecule has 2 aromatic rings. The largest absolute Gasteiger partial charge is 0.383 e. The van der Waals surface area contributed by atoms with Gasteiger partial charge in [-0.2, -0.15) is 0 Å². The molecule has 28 heavy (non-hydrogen) atoms. The first-order valence-electron chi connectivity index (χ1n) is 9.15. The molecule has 1 aromatic carbocycles. The number of fused-ring (bicyclic) bond motifs is 1. The molecule has 0 radical (unpaired) electrons. The van der Waals surface area contributed by atoms with Crippen LogP contribution in [0.1, 0.15) is 20.3 Å². The van der Waals surface area contributed by atoms with E-state index in [4.69, 9.17) is 9.47 Å². The Morgan fingerprint density at radius 3 is 2.93 bits per heavy atom. The van der Waals surface area contributed by atoms with Gasteiger partial charge in [0, 0.05) is 37.4 Å². The van der Waals surface area contributed by atoms with Gasteiger partial charge < -0.3 is 14.8 Å². The molecule has 1 unspecified atom stereocenters. The third-order valence-electron chi connectivity index (χ3n) is 3.91. The zero-order valence-corrected chi connectivity index (χ0v) is 18.8. The van der Waals surface area contributed by atoms with E-state index in [0.717, 1.165) is 4.47 Å². The van der Waals surface area contributed by atoms with Gasteiger partial charge in [-0.15, -0.1) is 0 Å². The van der Waals surface area contributed by atoms with Crippen LogP contribution in [0.25, 0.3) is 10.9 Å². The summed E-state index contributed by atoms with van der Waals surface area (Å²) >= 11 is 4.66. The molecule has 1 heterocycles. The standard InChI is InChI=1S/C19H26BrN3O4S/c1-4-27-9-5-8-23-18(25)15-10-14(20)6-7-16(15)22-19(23)28-12-17(24)21-13(2)11-26-3/h6-7,10,13H,4-5,8-9,11-12H2,1-3H3,(H,21,24). The molecular formula is C19H26BrN3O4S. The topological polar surface area (TPSA) is 82.4 Å². The number of carbonyl (C=O) groups is 1. The fourth-order valence-corrected chi connectivity index (χ4v) is 3.88. The lowest BCUT2D eigenvalue weighted by Gasteiger charge is -2.15. The maximum absolute atomic E-state index is 13.0. The number of carbonyl (C=O) groups excluding carboxylic acids is 1. The average molecular weight is 472 g/mol. The van der Waals surface area contributed by atoms with Gasteiger partial charge in [-0.05, 0) is 38.5 Å². The number of nitrogens with one attached hydrogen (secondary N) is 1. The molecule has 0 aliphatic rings. The fraction of sp³-hybridized carbons (Fsp3) is 0.526. The monoisotopic (exact) mass is 471 g/mol. The second-order valence-electron chi connectivity index (χ2n) is 6.28. The normalized spacial score (nSPS) is 12.3. The fourth-order valence-electron chi connectivity index (χ4n) is 2.69. The van der Waals surface area contributed by atoms with Crippen molar-refractivity contribution in [2.24, 2.45) is 0 Å². The quantitative estimate of drug-likeness (QED) is 0.308. The number of ether oxygens (including phenoxy) is 2. The van der Waals surface area contributed by atoms with Gasteiger partial charge in [-0.3, -0.25) is 14.2 Å². The number of benzene rings is 1. The summed E-state index contributed by atoms with van der Waals surface area (Å²) in [4.78, 5) is 29.8. The molecule has 0 aliphatic heterocycles. The molecule has 0 saturated carbocycles. The van der Waals surface area contributed by atoms with Crippen LogP contribution in [0.2, 0.25) is 0 Å². The molecule has 0 spiro atoms. The Hall–Kier alpha value is -1.42. The van der Waals surface area contributed by atoms with Crippen molar-refractivity contribution in [3.63, 3.8) is 0 Å². The Labute approximate surface area is 177 Å². The molecule has 0 bridgehead atoms. The highest BCUT2D eigenvalue weighted by Gasteiger charge is 2.14. The van der Waals surface area contributed by atoms with E-state index in [9.17, 15) is 9.59 Å². The van der Waals surface area contributed by atoms with E-state index >= 15 is 0 Å². The summed E-state index contributed by atoms with van der Waals surface area (Å²) < 4.78 is 12.9. The molecular weight excluding hydrogens is 446 g/mol. The predicted molar refractivity (Wildman–Crippen MR) is 115 cm³/mol. The van der Waals surface area contributed by atoms with E-state index in [2.05, 4.69) is 26.2 Å². The lowest BCUT2D eigenvalue weighted by molar-refractivity contribution is -0.119. The Kier molecular flexibility index (Phi) is 9.43. The van der Waals surface area contributed by atoms with Crippen molar-refractivity contribution in [2.75, 3.05) is 32.7 Å². The van der Waals surface area contributed by atoms with Crippen LogP contribution in [0.3, 0.4) is 0 Å². The molecule has 7 nitrogen and oxygen atoms in total. The molecule has 1 aromatic heterocycles. The van der Waals surface area contributed by atoms with Crippen LogP contribution in [0.5, 0.6) is 0 Å². The number of nitrogens with zero attached hydrogens (tertiary/aromatic N) is 2. The molecule has 1 atom stereocenters. The first kappa shape index (κ1) is 22.9. The Morgan fingerprint density at radius 1 is 1.43 bits per heavy atom. The van der Waals surface area contributed by atoms with Crippen LogP contribution in [0.15, 0.2) is 32.6 Å². The van der Waals surface area contributed by atoms with E-state index in [-0.39, 0.29) is 23.3 Å². The molecule has 154 valence electrons. The van der Waals surface area contributed by atoms with Crippen molar-refractivity contribution in [1.82, 2.24) is 14.9 Å². The third kappa shape index (κ3) is 6.58. The van der Waals surface area contributed by atoms with Gasteiger partial charge in [0.15, 0.2) is 5.16 Å². The van der Waals surface area contributed by atoms with Gasteiger partial charge >= 0.3 is 0 Å². The van der Waals surface area contributed by atoms with Crippen molar-refractivity contribution in [2.45, 2.75) is 38.0 Å². The first-order chi connectivity index (χ1) is 13.5. The maximum atomic E-state index is 13.0. The number of rotatable bonds is 11. The SMILES string of the molecule is CCOCCCn1c(SCC(=O)NC(C)COC)nc2ccc(Br)cc2c1=O. The van der Waals surface area contributed by atoms with E-state index in [0.29, 0.717) is 48.8 Å². The predicted octanol–water partition coefficient (Wildman–Crippen LogP) is 2.83. The number of hydrogen-bond acceptors (Lipinski definition) is 6. The molecule has 9 heteroatoms. The minimum atomic E-state index is -0.124. The van der Waals surface area contributed by atoms with Crippen molar-refractivity contribution < 1.29 is 14.3 Å². The molecule has 2 rings (SSSR count). The highest BCUT2D eigenvalue weighted by molar-refractivity contribution is 9.10. The summed E-state index contributed by atoms with van der Waals surface area (Å²) in [6.07, 6.45) is 0.694. The van der Waals surface area contributed by atoms with Gasteiger partial charge in [-0.1, -0.05) is 27.7 Å². The van der Waals surface area contributed by atoms with Crippen molar-refractivity contribution >= 4 is 44.5 Å². The second kappa shape index (κ2) is 11.5. The number of methoxy groups -OCH3 is 1. The zero-order valence-electron chi connectivity index (χ0n) is 16.4. The number of hydrogen-bond donors (Lipinski definition) is 1. The average Bonchev–Trinajstić information content (AvgIpc) is 2.66. The number of amides is 1. The van der Waals surface area contributed by atoms with Gasteiger partial charge in [-0.25, -0.2) is 4.98 Å². The molecule has 1 amide bonds. The van der Waals surface area contributed by atoms with Crippen LogP contribution >= 0.6 is 27.7 Å². The smallest absolute Gasteiger partial charge is 0.262 e. The summed E-state index contributed by atoms with van der Waals surface area (Å²) in [5.41, 5.74) is 0.503. The highest BCUT2D eigenvalue weighted by Crippen LogP contribution is 2.20. The highest BCUT2D eigenvalue weighted by atomic mass is 79.9. The molecule has 0 saturated heterocycles. The lowest BCUT2D eigenvalue weighted by atomic mass is 10.2. The minimum Gasteiger partial charge on any atom is -0.383 e. The van der Waals surface area contributed by atoms with Crippen molar-refractivity contribution in [3.05, 3.63) is 33.0 Å². The summed E-state index contributed by atoms with van der Waals surface area (Å²) in [7, 11) is 1.59. The zero-order chi connectivity index (χ0) is 20.5. The van der Waals surface area contributed by atoms with E-state index in [1.165, 1.54) is 11.8 Å². The second-order valence-corrected chi connectivity index (χ2v) is 8.13. The number of aromatic nitrogens is 2. The van der Waals surface area contributed by atoms with Crippen LogP contribution in [-0.2, 0) is 20.8 Å². The molecule has 1 N–H and O–H groups in total. The number of thioether (sulfide) groups is 1. The van der Waals surface area contributed by atoms with Gasteiger partial charge in [0.2, 0.25) is 5.91 Å². The van der Waals surface area contributed by atoms with Crippen LogP contribution in [0.4, 0.5) is 0 Å². The maximum Gasteiger partial charge on any atom is 0.262 e. The van der Waals surface area contributed by atoms with Gasteiger partial charge in [0.1, 0.15) is 0 Å².